The third-order valence-electron chi connectivity index (χ3n) is 1.37. The number of hydrogen-bond acceptors (Lipinski definition) is 4. The summed E-state index contributed by atoms with van der Waals surface area (Å²) in [4.78, 5) is 2.08. The lowest BCUT2D eigenvalue weighted by molar-refractivity contribution is 0.293. The molecule has 72 valence electrons. The Morgan fingerprint density at radius 3 is 2.67 bits per heavy atom. The molecule has 0 aromatic carbocycles. The molecule has 0 aromatic heterocycles. The van der Waals surface area contributed by atoms with Gasteiger partial charge in [0.2, 0.25) is 0 Å². The van der Waals surface area contributed by atoms with Crippen LogP contribution in [-0.4, -0.2) is 43.7 Å². The summed E-state index contributed by atoms with van der Waals surface area (Å²) in [6.45, 7) is 2.26. The zero-order valence-corrected chi connectivity index (χ0v) is 8.69. The first-order chi connectivity index (χ1) is 5.66. The van der Waals surface area contributed by atoms with E-state index < -0.39 is 0 Å². The van der Waals surface area contributed by atoms with Gasteiger partial charge in [-0.15, -0.1) is 0 Å². The molecule has 0 amide bonds. The van der Waals surface area contributed by atoms with E-state index in [-0.39, 0.29) is 0 Å². The van der Waals surface area contributed by atoms with Crippen LogP contribution in [0.25, 0.3) is 0 Å². The topological polar surface area (TPSA) is 38.5 Å². The van der Waals surface area contributed by atoms with Crippen molar-refractivity contribution in [2.75, 3.05) is 33.8 Å². The molecule has 0 rings (SSSR count). The molecular weight excluding hydrogens is 172 g/mol. The van der Waals surface area contributed by atoms with Crippen LogP contribution < -0.4 is 5.73 Å². The zero-order valence-electron chi connectivity index (χ0n) is 7.88. The second-order valence-electron chi connectivity index (χ2n) is 2.92. The predicted octanol–water partition coefficient (Wildman–Crippen LogP) is 0.631. The summed E-state index contributed by atoms with van der Waals surface area (Å²) in [6, 6.07) is 0. The zero-order chi connectivity index (χ0) is 9.40. The summed E-state index contributed by atoms with van der Waals surface area (Å²) < 4.78 is 5.26. The summed E-state index contributed by atoms with van der Waals surface area (Å²) in [5.41, 5.74) is 5.31. The van der Waals surface area contributed by atoms with Gasteiger partial charge in [0.05, 0.1) is 6.61 Å². The highest BCUT2D eigenvalue weighted by atomic mass is 32.1. The van der Waals surface area contributed by atoms with Crippen molar-refractivity contribution in [3.8, 4) is 0 Å². The van der Waals surface area contributed by atoms with E-state index in [1.54, 1.807) is 0 Å². The summed E-state index contributed by atoms with van der Waals surface area (Å²) in [6.07, 6.45) is 1.70. The van der Waals surface area contributed by atoms with E-state index in [0.717, 1.165) is 19.4 Å². The van der Waals surface area contributed by atoms with Crippen LogP contribution in [0, 0.1) is 0 Å². The van der Waals surface area contributed by atoms with Crippen LogP contribution in [-0.2, 0) is 4.74 Å². The molecule has 0 aliphatic heterocycles. The second-order valence-corrected chi connectivity index (χ2v) is 3.37. The summed E-state index contributed by atoms with van der Waals surface area (Å²) in [7, 11) is 4.03. The van der Waals surface area contributed by atoms with Crippen LogP contribution in [0.2, 0.25) is 0 Å². The van der Waals surface area contributed by atoms with Crippen molar-refractivity contribution >= 4 is 17.3 Å². The van der Waals surface area contributed by atoms with E-state index in [9.17, 15) is 0 Å². The SMILES string of the molecule is CN(C)CCC(=S)OCCCN. The molecule has 3 nitrogen and oxygen atoms in total. The fourth-order valence-corrected chi connectivity index (χ4v) is 0.831. The fourth-order valence-electron chi connectivity index (χ4n) is 0.656. The minimum absolute atomic E-state index is 0.656. The van der Waals surface area contributed by atoms with Gasteiger partial charge in [-0.05, 0) is 39.3 Å². The van der Waals surface area contributed by atoms with E-state index in [2.05, 4.69) is 4.90 Å². The van der Waals surface area contributed by atoms with E-state index in [4.69, 9.17) is 22.7 Å². The predicted molar refractivity (Wildman–Crippen MR) is 55.4 cm³/mol. The van der Waals surface area contributed by atoms with Crippen LogP contribution in [0.5, 0.6) is 0 Å². The van der Waals surface area contributed by atoms with Crippen molar-refractivity contribution in [2.24, 2.45) is 5.73 Å². The first-order valence-electron chi connectivity index (χ1n) is 4.17. The smallest absolute Gasteiger partial charge is 0.160 e. The van der Waals surface area contributed by atoms with Crippen molar-refractivity contribution in [1.82, 2.24) is 4.90 Å². The first kappa shape index (κ1) is 11.8. The Morgan fingerprint density at radius 2 is 2.17 bits per heavy atom. The number of thiocarbonyl (C=S) groups is 1. The largest absolute Gasteiger partial charge is 0.487 e. The van der Waals surface area contributed by atoms with Gasteiger partial charge in [-0.3, -0.25) is 0 Å². The maximum atomic E-state index is 5.31. The molecular formula is C8H18N2OS. The Morgan fingerprint density at radius 1 is 1.50 bits per heavy atom. The van der Waals surface area contributed by atoms with Crippen LogP contribution in [0.1, 0.15) is 12.8 Å². The maximum absolute atomic E-state index is 5.31. The highest BCUT2D eigenvalue weighted by Crippen LogP contribution is 1.92. The summed E-state index contributed by atoms with van der Waals surface area (Å²) in [5, 5.41) is 0.692. The monoisotopic (exact) mass is 190 g/mol. The van der Waals surface area contributed by atoms with Crippen molar-refractivity contribution in [2.45, 2.75) is 12.8 Å². The van der Waals surface area contributed by atoms with Gasteiger partial charge in [-0.1, -0.05) is 0 Å². The number of ether oxygens (including phenoxy) is 1. The Hall–Kier alpha value is -0.190. The van der Waals surface area contributed by atoms with Gasteiger partial charge < -0.3 is 15.4 Å². The molecule has 0 radical (unpaired) electrons. The van der Waals surface area contributed by atoms with E-state index in [1.807, 2.05) is 14.1 Å². The Bertz CT molecular complexity index is 128. The average molecular weight is 190 g/mol. The molecule has 4 heteroatoms. The van der Waals surface area contributed by atoms with Crippen molar-refractivity contribution in [3.63, 3.8) is 0 Å². The third-order valence-corrected chi connectivity index (χ3v) is 1.70. The highest BCUT2D eigenvalue weighted by Gasteiger charge is 1.97. The van der Waals surface area contributed by atoms with Gasteiger partial charge in [0.25, 0.3) is 0 Å². The number of nitrogens with zero attached hydrogens (tertiary/aromatic N) is 1. The molecule has 0 aromatic rings. The van der Waals surface area contributed by atoms with Gasteiger partial charge in [0.15, 0.2) is 5.05 Å². The molecule has 0 saturated heterocycles. The number of hydrogen-bond donors (Lipinski definition) is 1. The minimum atomic E-state index is 0.656. The highest BCUT2D eigenvalue weighted by molar-refractivity contribution is 7.80. The molecule has 2 N–H and O–H groups in total. The molecule has 0 fully saturated rings. The molecule has 0 aliphatic carbocycles. The summed E-state index contributed by atoms with van der Waals surface area (Å²) in [5.74, 6) is 0. The molecule has 12 heavy (non-hydrogen) atoms. The normalized spacial score (nSPS) is 10.3. The second kappa shape index (κ2) is 7.46. The van der Waals surface area contributed by atoms with E-state index >= 15 is 0 Å². The van der Waals surface area contributed by atoms with E-state index in [0.29, 0.717) is 18.2 Å². The van der Waals surface area contributed by atoms with Crippen molar-refractivity contribution < 1.29 is 4.74 Å². The molecule has 0 spiro atoms. The number of rotatable bonds is 6. The molecule has 0 saturated carbocycles. The van der Waals surface area contributed by atoms with E-state index in [1.165, 1.54) is 0 Å². The van der Waals surface area contributed by atoms with Gasteiger partial charge in [-0.25, -0.2) is 0 Å². The average Bonchev–Trinajstić information content (AvgIpc) is 2.01. The molecule has 0 atom stereocenters. The van der Waals surface area contributed by atoms with Crippen LogP contribution >= 0.6 is 12.2 Å². The maximum Gasteiger partial charge on any atom is 0.160 e. The standard InChI is InChI=1S/C8H18N2OS/c1-10(2)6-4-8(12)11-7-3-5-9/h3-7,9H2,1-2H3. The minimum Gasteiger partial charge on any atom is -0.487 e. The summed E-state index contributed by atoms with van der Waals surface area (Å²) >= 11 is 5.00. The third kappa shape index (κ3) is 7.91. The Kier molecular flexibility index (Phi) is 7.34. The molecule has 0 unspecified atom stereocenters. The van der Waals surface area contributed by atoms with Crippen molar-refractivity contribution in [1.29, 1.82) is 0 Å². The molecule has 0 heterocycles. The lowest BCUT2D eigenvalue weighted by Crippen LogP contribution is -2.17. The Labute approximate surface area is 79.9 Å². The Balaban J connectivity index is 3.22. The molecule has 0 bridgehead atoms. The van der Waals surface area contributed by atoms with Gasteiger partial charge >= 0.3 is 0 Å². The fraction of sp³-hybridized carbons (Fsp3) is 0.875. The lowest BCUT2D eigenvalue weighted by Gasteiger charge is -2.10. The van der Waals surface area contributed by atoms with Crippen LogP contribution in [0.4, 0.5) is 0 Å². The number of nitrogens with two attached hydrogens (primary N) is 1. The quantitative estimate of drug-likeness (QED) is 0.492. The van der Waals surface area contributed by atoms with Crippen LogP contribution in [0.15, 0.2) is 0 Å². The van der Waals surface area contributed by atoms with Crippen molar-refractivity contribution in [3.05, 3.63) is 0 Å². The van der Waals surface area contributed by atoms with Crippen LogP contribution in [0.3, 0.4) is 0 Å². The van der Waals surface area contributed by atoms with Gasteiger partial charge in [0, 0.05) is 13.0 Å². The van der Waals surface area contributed by atoms with Gasteiger partial charge in [-0.2, -0.15) is 0 Å². The molecule has 0 aliphatic rings. The lowest BCUT2D eigenvalue weighted by atomic mass is 10.4. The van der Waals surface area contributed by atoms with Gasteiger partial charge in [0.1, 0.15) is 0 Å². The first-order valence-corrected chi connectivity index (χ1v) is 4.58.